The van der Waals surface area contributed by atoms with Crippen LogP contribution in [0.15, 0.2) is 84.8 Å². The Hall–Kier alpha value is -4.38. The highest BCUT2D eigenvalue weighted by Crippen LogP contribution is 2.39. The molecule has 0 radical (unpaired) electrons. The van der Waals surface area contributed by atoms with Gasteiger partial charge in [-0.3, -0.25) is 4.79 Å². The molecule has 4 aromatic rings. The Morgan fingerprint density at radius 3 is 2.59 bits per heavy atom. The quantitative estimate of drug-likeness (QED) is 0.207. The third-order valence-electron chi connectivity index (χ3n) is 5.91. The van der Waals surface area contributed by atoms with Gasteiger partial charge in [-0.15, -0.1) is 0 Å². The highest BCUT2D eigenvalue weighted by atomic mass is 16.5. The van der Waals surface area contributed by atoms with Gasteiger partial charge in [0.15, 0.2) is 5.76 Å². The van der Waals surface area contributed by atoms with Gasteiger partial charge in [0.2, 0.25) is 5.78 Å². The summed E-state index contributed by atoms with van der Waals surface area (Å²) in [7, 11) is 0. The van der Waals surface area contributed by atoms with Crippen LogP contribution in [0.3, 0.4) is 0 Å². The normalized spacial score (nSPS) is 14.1. The summed E-state index contributed by atoms with van der Waals surface area (Å²) >= 11 is 0. The maximum atomic E-state index is 13.0. The highest BCUT2D eigenvalue weighted by molar-refractivity contribution is 6.15. The number of nitrogens with zero attached hydrogens (tertiary/aromatic N) is 1. The number of fused-ring (bicyclic) bond motifs is 2. The Kier molecular flexibility index (Phi) is 5.60. The van der Waals surface area contributed by atoms with E-state index in [4.69, 9.17) is 9.47 Å². The zero-order valence-electron chi connectivity index (χ0n) is 18.9. The van der Waals surface area contributed by atoms with Crippen molar-refractivity contribution in [1.82, 2.24) is 4.57 Å². The van der Waals surface area contributed by atoms with Gasteiger partial charge in [0.1, 0.15) is 11.5 Å². The minimum atomic E-state index is -0.501. The lowest BCUT2D eigenvalue weighted by Gasteiger charge is -2.08. The molecule has 0 aliphatic carbocycles. The lowest BCUT2D eigenvalue weighted by Crippen LogP contribution is -2.05. The van der Waals surface area contributed by atoms with Gasteiger partial charge in [0.05, 0.1) is 5.56 Å². The lowest BCUT2D eigenvalue weighted by molar-refractivity contribution is -0.128. The minimum absolute atomic E-state index is 0.187. The smallest absolute Gasteiger partial charge is 0.336 e. The first-order valence-electron chi connectivity index (χ1n) is 11.2. The number of benzene rings is 3. The molecule has 2 heterocycles. The Labute approximate surface area is 197 Å². The van der Waals surface area contributed by atoms with Crippen LogP contribution in [0, 0.1) is 6.92 Å². The summed E-state index contributed by atoms with van der Waals surface area (Å²) in [5.74, 6) is 0.350. The average molecular weight is 450 g/mol. The molecule has 34 heavy (non-hydrogen) atoms. The summed E-state index contributed by atoms with van der Waals surface area (Å²) in [4.78, 5) is 25.4. The van der Waals surface area contributed by atoms with Crippen LogP contribution in [0.5, 0.6) is 11.5 Å². The van der Waals surface area contributed by atoms with Gasteiger partial charge in [-0.05, 0) is 49.8 Å². The second-order valence-electron chi connectivity index (χ2n) is 8.06. The summed E-state index contributed by atoms with van der Waals surface area (Å²) in [6, 6.07) is 20.9. The number of carbonyl (C=O) groups is 2. The van der Waals surface area contributed by atoms with Crippen LogP contribution in [-0.2, 0) is 11.3 Å². The lowest BCUT2D eigenvalue weighted by atomic mass is 10.1. The molecule has 0 atom stereocenters. The van der Waals surface area contributed by atoms with Crippen LogP contribution in [0.25, 0.3) is 23.1 Å². The van der Waals surface area contributed by atoms with Crippen LogP contribution >= 0.6 is 0 Å². The van der Waals surface area contributed by atoms with Gasteiger partial charge in [-0.1, -0.05) is 48.5 Å². The number of carbonyl (C=O) groups excluding carboxylic acids is 2. The molecule has 1 aromatic heterocycles. The van der Waals surface area contributed by atoms with Crippen molar-refractivity contribution in [2.24, 2.45) is 0 Å². The van der Waals surface area contributed by atoms with Crippen molar-refractivity contribution in [3.8, 4) is 11.5 Å². The molecule has 5 heteroatoms. The number of allylic oxidation sites excluding steroid dienone is 1. The predicted octanol–water partition coefficient (Wildman–Crippen LogP) is 6.20. The first-order valence-corrected chi connectivity index (χ1v) is 11.2. The van der Waals surface area contributed by atoms with Crippen molar-refractivity contribution < 1.29 is 19.1 Å². The van der Waals surface area contributed by atoms with Gasteiger partial charge < -0.3 is 14.0 Å². The Morgan fingerprint density at radius 2 is 1.79 bits per heavy atom. The molecule has 0 saturated carbocycles. The van der Waals surface area contributed by atoms with Crippen molar-refractivity contribution in [2.75, 3.05) is 0 Å². The molecule has 1 aliphatic rings. The molecule has 0 saturated heterocycles. The summed E-state index contributed by atoms with van der Waals surface area (Å²) < 4.78 is 13.6. The number of Topliss-reactive ketones (excluding diaryl/α,β-unsaturated/α-hetero) is 1. The van der Waals surface area contributed by atoms with Crippen molar-refractivity contribution in [2.45, 2.75) is 20.4 Å². The number of aryl methyl sites for hydroxylation is 1. The third-order valence-corrected chi connectivity index (χ3v) is 5.91. The standard InChI is InChI=1S/C29H23NO4/c1-3-30-18-21(22-11-7-8-12-24(22)30)17-26-28(32)23-14-15-25(19(2)29(23)34-26)33-27(31)16-13-20-9-5-4-6-10-20/h4-18H,3H2,1-2H3. The number of hydrogen-bond donors (Lipinski definition) is 0. The number of ketones is 1. The van der Waals surface area contributed by atoms with Crippen LogP contribution in [0.1, 0.15) is 34.0 Å². The molecule has 0 bridgehead atoms. The second-order valence-corrected chi connectivity index (χ2v) is 8.06. The number of para-hydroxylation sites is 1. The first kappa shape index (κ1) is 21.5. The summed E-state index contributed by atoms with van der Waals surface area (Å²) in [5, 5.41) is 1.06. The SMILES string of the molecule is CCn1cc(C=C2Oc3c(ccc(OC(=O)C=Cc4ccccc4)c3C)C2=O)c2ccccc21. The molecule has 0 amide bonds. The Balaban J connectivity index is 1.41. The summed E-state index contributed by atoms with van der Waals surface area (Å²) in [6.07, 6.45) is 6.88. The van der Waals surface area contributed by atoms with E-state index in [0.29, 0.717) is 22.6 Å². The van der Waals surface area contributed by atoms with Crippen molar-refractivity contribution >= 4 is 34.8 Å². The third kappa shape index (κ3) is 3.92. The molecule has 0 unspecified atom stereocenters. The molecule has 0 spiro atoms. The zero-order valence-corrected chi connectivity index (χ0v) is 18.9. The average Bonchev–Trinajstić information content (AvgIpc) is 3.38. The number of ether oxygens (including phenoxy) is 2. The topological polar surface area (TPSA) is 57.5 Å². The van der Waals surface area contributed by atoms with Gasteiger partial charge in [0, 0.05) is 40.8 Å². The molecule has 168 valence electrons. The fourth-order valence-electron chi connectivity index (χ4n) is 4.14. The molecule has 3 aromatic carbocycles. The highest BCUT2D eigenvalue weighted by Gasteiger charge is 2.30. The van der Waals surface area contributed by atoms with Crippen molar-refractivity contribution in [3.63, 3.8) is 0 Å². The van der Waals surface area contributed by atoms with Gasteiger partial charge in [-0.25, -0.2) is 4.79 Å². The van der Waals surface area contributed by atoms with Crippen LogP contribution < -0.4 is 9.47 Å². The Bertz CT molecular complexity index is 1480. The van der Waals surface area contributed by atoms with E-state index in [1.54, 1.807) is 31.2 Å². The van der Waals surface area contributed by atoms with Crippen LogP contribution in [0.2, 0.25) is 0 Å². The molecule has 0 N–H and O–H groups in total. The Morgan fingerprint density at radius 1 is 1.03 bits per heavy atom. The molecular formula is C29H23NO4. The molecule has 0 fully saturated rings. The second kappa shape index (κ2) is 8.87. The largest absolute Gasteiger partial charge is 0.452 e. The number of hydrogen-bond acceptors (Lipinski definition) is 4. The van der Waals surface area contributed by atoms with E-state index in [1.807, 2.05) is 54.7 Å². The van der Waals surface area contributed by atoms with Crippen molar-refractivity contribution in [3.05, 3.63) is 107 Å². The van der Waals surface area contributed by atoms with E-state index in [1.165, 1.54) is 6.08 Å². The summed E-state index contributed by atoms with van der Waals surface area (Å²) in [5.41, 5.74) is 3.99. The molecule has 5 rings (SSSR count). The van der Waals surface area contributed by atoms with Gasteiger partial charge in [0.25, 0.3) is 0 Å². The van der Waals surface area contributed by atoms with Crippen molar-refractivity contribution in [1.29, 1.82) is 0 Å². The predicted molar refractivity (Wildman–Crippen MR) is 133 cm³/mol. The minimum Gasteiger partial charge on any atom is -0.452 e. The van der Waals surface area contributed by atoms with Gasteiger partial charge in [-0.2, -0.15) is 0 Å². The van der Waals surface area contributed by atoms with E-state index in [0.717, 1.165) is 28.6 Å². The first-order chi connectivity index (χ1) is 16.5. The fourth-order valence-corrected chi connectivity index (χ4v) is 4.14. The zero-order chi connectivity index (χ0) is 23.7. The van der Waals surface area contributed by atoms with E-state index in [9.17, 15) is 9.59 Å². The fraction of sp³-hybridized carbons (Fsp3) is 0.103. The number of rotatable bonds is 5. The molecule has 1 aliphatic heterocycles. The maximum Gasteiger partial charge on any atom is 0.336 e. The van der Waals surface area contributed by atoms with Crippen LogP contribution in [0.4, 0.5) is 0 Å². The van der Waals surface area contributed by atoms with Crippen LogP contribution in [-0.4, -0.2) is 16.3 Å². The molecule has 5 nitrogen and oxygen atoms in total. The van der Waals surface area contributed by atoms with E-state index < -0.39 is 5.97 Å². The van der Waals surface area contributed by atoms with E-state index >= 15 is 0 Å². The van der Waals surface area contributed by atoms with E-state index in [2.05, 4.69) is 17.6 Å². The number of esters is 1. The summed E-state index contributed by atoms with van der Waals surface area (Å²) in [6.45, 7) is 4.68. The number of aromatic nitrogens is 1. The monoisotopic (exact) mass is 449 g/mol. The molecular weight excluding hydrogens is 426 g/mol. The maximum absolute atomic E-state index is 13.0. The van der Waals surface area contributed by atoms with E-state index in [-0.39, 0.29) is 11.5 Å². The van der Waals surface area contributed by atoms with Gasteiger partial charge >= 0.3 is 5.97 Å².